The van der Waals surface area contributed by atoms with Crippen molar-refractivity contribution in [2.75, 3.05) is 12.3 Å². The van der Waals surface area contributed by atoms with E-state index in [1.165, 1.54) is 0 Å². The van der Waals surface area contributed by atoms with Gasteiger partial charge in [0.2, 0.25) is 10.0 Å². The van der Waals surface area contributed by atoms with Crippen LogP contribution >= 0.6 is 11.6 Å². The number of halogens is 1. The van der Waals surface area contributed by atoms with E-state index < -0.39 is 10.0 Å². The molecule has 1 aliphatic rings. The molecule has 3 rings (SSSR count). The molecule has 0 spiro atoms. The Labute approximate surface area is 142 Å². The number of rotatable bonds is 6. The van der Waals surface area contributed by atoms with Gasteiger partial charge in [-0.1, -0.05) is 23.7 Å². The Kier molecular flexibility index (Phi) is 4.45. The predicted molar refractivity (Wildman–Crippen MR) is 93.1 cm³/mol. The highest BCUT2D eigenvalue weighted by Crippen LogP contribution is 2.48. The van der Waals surface area contributed by atoms with Gasteiger partial charge in [0.15, 0.2) is 0 Å². The number of sulfonamides is 1. The van der Waals surface area contributed by atoms with Gasteiger partial charge in [0, 0.05) is 34.9 Å². The lowest BCUT2D eigenvalue weighted by Crippen LogP contribution is -2.33. The topological polar surface area (TPSA) is 59.1 Å². The Balaban J connectivity index is 1.83. The predicted octanol–water partition coefficient (Wildman–Crippen LogP) is 3.37. The van der Waals surface area contributed by atoms with Crippen LogP contribution in [0.15, 0.2) is 42.7 Å². The third-order valence-electron chi connectivity index (χ3n) is 4.39. The van der Waals surface area contributed by atoms with Crippen molar-refractivity contribution < 1.29 is 8.42 Å². The second-order valence-electron chi connectivity index (χ2n) is 5.97. The Morgan fingerprint density at radius 2 is 1.87 bits per heavy atom. The van der Waals surface area contributed by atoms with Gasteiger partial charge < -0.3 is 0 Å². The highest BCUT2D eigenvalue weighted by molar-refractivity contribution is 7.89. The molecule has 1 saturated carbocycles. The number of hydrogen-bond acceptors (Lipinski definition) is 3. The SMILES string of the molecule is CCS(=O)(=O)NCC1(c2cncc(-c3ccc(Cl)cc3)c2)CC1. The molecule has 0 amide bonds. The van der Waals surface area contributed by atoms with E-state index in [9.17, 15) is 8.42 Å². The third-order valence-corrected chi connectivity index (χ3v) is 5.99. The van der Waals surface area contributed by atoms with Crippen LogP contribution in [0.5, 0.6) is 0 Å². The standard InChI is InChI=1S/C17H19ClN2O2S/c1-2-23(21,22)20-12-17(7-8-17)15-9-14(10-19-11-15)13-3-5-16(18)6-4-13/h3-6,9-11,20H,2,7-8,12H2,1H3. The normalized spacial score (nSPS) is 16.3. The van der Waals surface area contributed by atoms with Crippen molar-refractivity contribution in [1.29, 1.82) is 0 Å². The first-order valence-electron chi connectivity index (χ1n) is 7.63. The Bertz CT molecular complexity index is 800. The van der Waals surface area contributed by atoms with Crippen molar-refractivity contribution in [1.82, 2.24) is 9.71 Å². The smallest absolute Gasteiger partial charge is 0.211 e. The van der Waals surface area contributed by atoms with Crippen molar-refractivity contribution in [3.8, 4) is 11.1 Å². The van der Waals surface area contributed by atoms with E-state index in [1.54, 1.807) is 6.92 Å². The monoisotopic (exact) mass is 350 g/mol. The van der Waals surface area contributed by atoms with Gasteiger partial charge >= 0.3 is 0 Å². The van der Waals surface area contributed by atoms with E-state index in [2.05, 4.69) is 15.8 Å². The summed E-state index contributed by atoms with van der Waals surface area (Å²) in [7, 11) is -3.17. The number of pyridine rings is 1. The molecule has 0 unspecified atom stereocenters. The minimum Gasteiger partial charge on any atom is -0.264 e. The molecule has 0 saturated heterocycles. The Hall–Kier alpha value is -1.43. The summed E-state index contributed by atoms with van der Waals surface area (Å²) in [5, 5.41) is 0.700. The van der Waals surface area contributed by atoms with Crippen molar-refractivity contribution in [3.63, 3.8) is 0 Å². The summed E-state index contributed by atoms with van der Waals surface area (Å²) in [6, 6.07) is 9.73. The van der Waals surface area contributed by atoms with Gasteiger partial charge in [0.1, 0.15) is 0 Å². The zero-order chi connectivity index (χ0) is 16.5. The summed E-state index contributed by atoms with van der Waals surface area (Å²) in [6.07, 6.45) is 5.61. The summed E-state index contributed by atoms with van der Waals surface area (Å²) < 4.78 is 26.1. The molecule has 6 heteroatoms. The van der Waals surface area contributed by atoms with Crippen LogP contribution in [0.3, 0.4) is 0 Å². The number of aromatic nitrogens is 1. The molecule has 1 aliphatic carbocycles. The van der Waals surface area contributed by atoms with Crippen LogP contribution in [0.1, 0.15) is 25.3 Å². The largest absolute Gasteiger partial charge is 0.264 e. The summed E-state index contributed by atoms with van der Waals surface area (Å²) in [5.41, 5.74) is 3.04. The van der Waals surface area contributed by atoms with E-state index in [0.29, 0.717) is 11.6 Å². The molecule has 1 fully saturated rings. The first-order chi connectivity index (χ1) is 10.9. The van der Waals surface area contributed by atoms with Crippen LogP contribution in [0, 0.1) is 0 Å². The van der Waals surface area contributed by atoms with Crippen LogP contribution in [0.4, 0.5) is 0 Å². The van der Waals surface area contributed by atoms with E-state index in [4.69, 9.17) is 11.6 Å². The van der Waals surface area contributed by atoms with Crippen molar-refractivity contribution in [2.45, 2.75) is 25.2 Å². The van der Waals surface area contributed by atoms with Gasteiger partial charge in [-0.25, -0.2) is 13.1 Å². The summed E-state index contributed by atoms with van der Waals surface area (Å²) in [4.78, 5) is 4.34. The second kappa shape index (κ2) is 6.23. The molecule has 0 bridgehead atoms. The van der Waals surface area contributed by atoms with E-state index in [0.717, 1.165) is 29.5 Å². The van der Waals surface area contributed by atoms with Crippen LogP contribution in [0.25, 0.3) is 11.1 Å². The number of nitrogens with one attached hydrogen (secondary N) is 1. The minimum atomic E-state index is -3.17. The summed E-state index contributed by atoms with van der Waals surface area (Å²) in [5.74, 6) is 0.103. The lowest BCUT2D eigenvalue weighted by Gasteiger charge is -2.17. The van der Waals surface area contributed by atoms with Crippen molar-refractivity contribution >= 4 is 21.6 Å². The number of nitrogens with zero attached hydrogens (tertiary/aromatic N) is 1. The molecule has 0 aliphatic heterocycles. The molecular formula is C17H19ClN2O2S. The maximum atomic E-state index is 11.7. The second-order valence-corrected chi connectivity index (χ2v) is 8.51. The molecule has 4 nitrogen and oxygen atoms in total. The van der Waals surface area contributed by atoms with Gasteiger partial charge in [-0.15, -0.1) is 0 Å². The molecular weight excluding hydrogens is 332 g/mol. The maximum Gasteiger partial charge on any atom is 0.211 e. The van der Waals surface area contributed by atoms with Crippen molar-refractivity contribution in [2.24, 2.45) is 0 Å². The van der Waals surface area contributed by atoms with E-state index >= 15 is 0 Å². The molecule has 0 atom stereocenters. The maximum absolute atomic E-state index is 11.7. The third kappa shape index (κ3) is 3.74. The lowest BCUT2D eigenvalue weighted by atomic mass is 9.95. The van der Waals surface area contributed by atoms with Crippen LogP contribution in [-0.4, -0.2) is 25.7 Å². The van der Waals surface area contributed by atoms with E-state index in [-0.39, 0.29) is 11.2 Å². The first-order valence-corrected chi connectivity index (χ1v) is 9.66. The molecule has 122 valence electrons. The highest BCUT2D eigenvalue weighted by Gasteiger charge is 2.45. The zero-order valence-electron chi connectivity index (χ0n) is 12.9. The molecule has 1 aromatic heterocycles. The van der Waals surface area contributed by atoms with Gasteiger partial charge in [0.05, 0.1) is 5.75 Å². The Morgan fingerprint density at radius 3 is 2.48 bits per heavy atom. The fourth-order valence-corrected chi connectivity index (χ4v) is 3.43. The fraction of sp³-hybridized carbons (Fsp3) is 0.353. The summed E-state index contributed by atoms with van der Waals surface area (Å²) in [6.45, 7) is 2.08. The average Bonchev–Trinajstić information content (AvgIpc) is 3.35. The van der Waals surface area contributed by atoms with Crippen LogP contribution in [0.2, 0.25) is 5.02 Å². The average molecular weight is 351 g/mol. The highest BCUT2D eigenvalue weighted by atomic mass is 35.5. The first kappa shape index (κ1) is 16.4. The van der Waals surface area contributed by atoms with Gasteiger partial charge in [0.25, 0.3) is 0 Å². The quantitative estimate of drug-likeness (QED) is 0.868. The van der Waals surface area contributed by atoms with E-state index in [1.807, 2.05) is 36.7 Å². The minimum absolute atomic E-state index is 0.103. The zero-order valence-corrected chi connectivity index (χ0v) is 14.5. The summed E-state index contributed by atoms with van der Waals surface area (Å²) >= 11 is 5.93. The van der Waals surface area contributed by atoms with Gasteiger partial charge in [-0.3, -0.25) is 4.98 Å². The van der Waals surface area contributed by atoms with Crippen LogP contribution < -0.4 is 4.72 Å². The molecule has 1 aromatic carbocycles. The molecule has 0 radical (unpaired) electrons. The lowest BCUT2D eigenvalue weighted by molar-refractivity contribution is 0.568. The molecule has 2 aromatic rings. The number of benzene rings is 1. The molecule has 23 heavy (non-hydrogen) atoms. The van der Waals surface area contributed by atoms with Crippen molar-refractivity contribution in [3.05, 3.63) is 53.3 Å². The van der Waals surface area contributed by atoms with Gasteiger partial charge in [-0.05, 0) is 49.1 Å². The fourth-order valence-electron chi connectivity index (χ4n) is 2.60. The molecule has 1 heterocycles. The van der Waals surface area contributed by atoms with Gasteiger partial charge in [-0.2, -0.15) is 0 Å². The number of hydrogen-bond donors (Lipinski definition) is 1. The molecule has 1 N–H and O–H groups in total. The Morgan fingerprint density at radius 1 is 1.17 bits per heavy atom. The van der Waals surface area contributed by atoms with Crippen LogP contribution in [-0.2, 0) is 15.4 Å².